The number of hydrogen-bond donors (Lipinski definition) is 1. The largest absolute Gasteiger partial charge is 0.497 e. The summed E-state index contributed by atoms with van der Waals surface area (Å²) < 4.78 is 88.7. The Hall–Kier alpha value is -3.31. The van der Waals surface area contributed by atoms with Crippen LogP contribution in [-0.4, -0.2) is 51.3 Å². The van der Waals surface area contributed by atoms with Crippen LogP contribution in [0.2, 0.25) is 0 Å². The lowest BCUT2D eigenvalue weighted by atomic mass is 10.1. The standard InChI is InChI=1S/C21H21F6N3O3/c1-32-16-3-4-17(18(12-16)33-2)29-5-7-30(8-6-29)19(31)28-15-10-13(20(22,23)24)9-14(11-15)21(25,26)27/h3-4,9-12H,5-8H2,1-2H3,(H,28,31). The number of carbonyl (C=O) groups is 1. The molecular weight excluding hydrogens is 456 g/mol. The second kappa shape index (κ2) is 9.28. The lowest BCUT2D eigenvalue weighted by molar-refractivity contribution is -0.143. The number of carbonyl (C=O) groups excluding carboxylic acids is 1. The number of amides is 2. The highest BCUT2D eigenvalue weighted by atomic mass is 19.4. The second-order valence-corrected chi connectivity index (χ2v) is 7.24. The van der Waals surface area contributed by atoms with Crippen molar-refractivity contribution in [3.63, 3.8) is 0 Å². The molecule has 1 aliphatic rings. The smallest absolute Gasteiger partial charge is 0.416 e. The van der Waals surface area contributed by atoms with Gasteiger partial charge in [0.2, 0.25) is 0 Å². The molecule has 0 bridgehead atoms. The maximum Gasteiger partial charge on any atom is 0.416 e. The van der Waals surface area contributed by atoms with E-state index in [4.69, 9.17) is 9.47 Å². The molecule has 0 unspecified atom stereocenters. The van der Waals surface area contributed by atoms with Gasteiger partial charge < -0.3 is 24.6 Å². The van der Waals surface area contributed by atoms with Gasteiger partial charge in [0, 0.05) is 37.9 Å². The number of nitrogens with zero attached hydrogens (tertiary/aromatic N) is 2. The van der Waals surface area contributed by atoms with Crippen LogP contribution in [0.1, 0.15) is 11.1 Å². The van der Waals surface area contributed by atoms with E-state index in [-0.39, 0.29) is 19.2 Å². The van der Waals surface area contributed by atoms with E-state index in [0.29, 0.717) is 36.7 Å². The molecule has 0 atom stereocenters. The van der Waals surface area contributed by atoms with E-state index in [1.807, 2.05) is 4.90 Å². The van der Waals surface area contributed by atoms with Gasteiger partial charge in [-0.05, 0) is 30.3 Å². The first-order valence-electron chi connectivity index (χ1n) is 9.74. The monoisotopic (exact) mass is 477 g/mol. The number of urea groups is 1. The molecule has 1 fully saturated rings. The average molecular weight is 477 g/mol. The van der Waals surface area contributed by atoms with Crippen molar-refractivity contribution in [3.8, 4) is 11.5 Å². The van der Waals surface area contributed by atoms with E-state index < -0.39 is 35.2 Å². The van der Waals surface area contributed by atoms with E-state index in [9.17, 15) is 31.1 Å². The summed E-state index contributed by atoms with van der Waals surface area (Å²) in [4.78, 5) is 15.8. The van der Waals surface area contributed by atoms with Gasteiger partial charge in [-0.15, -0.1) is 0 Å². The molecule has 2 aromatic carbocycles. The van der Waals surface area contributed by atoms with E-state index >= 15 is 0 Å². The van der Waals surface area contributed by atoms with E-state index in [1.54, 1.807) is 18.2 Å². The number of piperazine rings is 1. The number of hydrogen-bond acceptors (Lipinski definition) is 4. The van der Waals surface area contributed by atoms with Crippen molar-refractivity contribution >= 4 is 17.4 Å². The van der Waals surface area contributed by atoms with Crippen LogP contribution in [0.5, 0.6) is 11.5 Å². The van der Waals surface area contributed by atoms with Crippen molar-refractivity contribution in [2.45, 2.75) is 12.4 Å². The number of rotatable bonds is 4. The molecule has 3 rings (SSSR count). The van der Waals surface area contributed by atoms with Crippen LogP contribution in [0, 0.1) is 0 Å². The first-order valence-corrected chi connectivity index (χ1v) is 9.74. The minimum Gasteiger partial charge on any atom is -0.497 e. The molecule has 1 aliphatic heterocycles. The minimum absolute atomic E-state index is 0.0106. The van der Waals surface area contributed by atoms with Crippen molar-refractivity contribution < 1.29 is 40.6 Å². The van der Waals surface area contributed by atoms with Crippen LogP contribution in [0.15, 0.2) is 36.4 Å². The number of ether oxygens (including phenoxy) is 2. The topological polar surface area (TPSA) is 54.0 Å². The number of alkyl halides is 6. The maximum atomic E-state index is 13.0. The quantitative estimate of drug-likeness (QED) is 0.623. The van der Waals surface area contributed by atoms with Crippen LogP contribution in [0.3, 0.4) is 0 Å². The third kappa shape index (κ3) is 5.74. The Kier molecular flexibility index (Phi) is 6.84. The number of halogens is 6. The number of methoxy groups -OCH3 is 2. The SMILES string of the molecule is COc1ccc(N2CCN(C(=O)Nc3cc(C(F)(F)F)cc(C(F)(F)F)c3)CC2)c(OC)c1. The van der Waals surface area contributed by atoms with Crippen molar-refractivity contribution in [2.75, 3.05) is 50.6 Å². The molecule has 6 nitrogen and oxygen atoms in total. The fraction of sp³-hybridized carbons (Fsp3) is 0.381. The zero-order valence-corrected chi connectivity index (χ0v) is 17.7. The van der Waals surface area contributed by atoms with Gasteiger partial charge in [-0.3, -0.25) is 0 Å². The Morgan fingerprint density at radius 1 is 0.848 bits per heavy atom. The fourth-order valence-electron chi connectivity index (χ4n) is 3.43. The first-order chi connectivity index (χ1) is 15.4. The van der Waals surface area contributed by atoms with Crippen LogP contribution in [0.4, 0.5) is 42.5 Å². The molecule has 1 heterocycles. The molecule has 2 amide bonds. The third-order valence-electron chi connectivity index (χ3n) is 5.13. The first kappa shape index (κ1) is 24.3. The summed E-state index contributed by atoms with van der Waals surface area (Å²) in [5, 5.41) is 2.16. The molecule has 0 radical (unpaired) electrons. The number of anilines is 2. The molecule has 0 aromatic heterocycles. The molecular formula is C21H21F6N3O3. The zero-order chi connectivity index (χ0) is 24.4. The predicted octanol–water partition coefficient (Wildman–Crippen LogP) is 5.10. The van der Waals surface area contributed by atoms with Crippen molar-refractivity contribution in [1.82, 2.24) is 4.90 Å². The van der Waals surface area contributed by atoms with Crippen LogP contribution >= 0.6 is 0 Å². The summed E-state index contributed by atoms with van der Waals surface area (Å²) in [6, 6.07) is 5.44. The highest BCUT2D eigenvalue weighted by Gasteiger charge is 2.37. The Morgan fingerprint density at radius 3 is 1.91 bits per heavy atom. The van der Waals surface area contributed by atoms with Gasteiger partial charge >= 0.3 is 18.4 Å². The average Bonchev–Trinajstić information content (AvgIpc) is 2.77. The summed E-state index contributed by atoms with van der Waals surface area (Å²) in [6.45, 7) is 1.16. The molecule has 0 aliphatic carbocycles. The van der Waals surface area contributed by atoms with E-state index in [2.05, 4.69) is 5.32 Å². The molecule has 180 valence electrons. The van der Waals surface area contributed by atoms with Gasteiger partial charge in [-0.25, -0.2) is 4.79 Å². The second-order valence-electron chi connectivity index (χ2n) is 7.24. The third-order valence-corrected chi connectivity index (χ3v) is 5.13. The number of benzene rings is 2. The zero-order valence-electron chi connectivity index (χ0n) is 17.7. The highest BCUT2D eigenvalue weighted by molar-refractivity contribution is 5.89. The summed E-state index contributed by atoms with van der Waals surface area (Å²) in [5.41, 5.74) is -2.81. The van der Waals surface area contributed by atoms with Crippen molar-refractivity contribution in [3.05, 3.63) is 47.5 Å². The van der Waals surface area contributed by atoms with Gasteiger partial charge in [0.05, 0.1) is 31.0 Å². The Labute approximate surface area is 185 Å². The number of nitrogens with one attached hydrogen (secondary N) is 1. The highest BCUT2D eigenvalue weighted by Crippen LogP contribution is 2.38. The van der Waals surface area contributed by atoms with Crippen LogP contribution in [0.25, 0.3) is 0 Å². The Balaban J connectivity index is 1.71. The molecule has 0 saturated carbocycles. The van der Waals surface area contributed by atoms with E-state index in [1.165, 1.54) is 19.1 Å². The molecule has 12 heteroatoms. The fourth-order valence-corrected chi connectivity index (χ4v) is 3.43. The van der Waals surface area contributed by atoms with Gasteiger partial charge in [-0.1, -0.05) is 0 Å². The Bertz CT molecular complexity index is 969. The Morgan fingerprint density at radius 2 is 1.42 bits per heavy atom. The molecule has 1 saturated heterocycles. The van der Waals surface area contributed by atoms with Gasteiger partial charge in [-0.2, -0.15) is 26.3 Å². The van der Waals surface area contributed by atoms with Crippen molar-refractivity contribution in [2.24, 2.45) is 0 Å². The van der Waals surface area contributed by atoms with Gasteiger partial charge in [0.15, 0.2) is 0 Å². The van der Waals surface area contributed by atoms with Gasteiger partial charge in [0.25, 0.3) is 0 Å². The minimum atomic E-state index is -5.00. The molecule has 2 aromatic rings. The van der Waals surface area contributed by atoms with Gasteiger partial charge in [0.1, 0.15) is 11.5 Å². The lowest BCUT2D eigenvalue weighted by Crippen LogP contribution is -2.50. The maximum absolute atomic E-state index is 13.0. The summed E-state index contributed by atoms with van der Waals surface area (Å²) in [7, 11) is 3.03. The van der Waals surface area contributed by atoms with Crippen molar-refractivity contribution in [1.29, 1.82) is 0 Å². The summed E-state index contributed by atoms with van der Waals surface area (Å²) in [5.74, 6) is 1.17. The van der Waals surface area contributed by atoms with Crippen LogP contribution in [-0.2, 0) is 12.4 Å². The molecule has 1 N–H and O–H groups in total. The summed E-state index contributed by atoms with van der Waals surface area (Å²) >= 11 is 0. The molecule has 0 spiro atoms. The molecule has 33 heavy (non-hydrogen) atoms. The summed E-state index contributed by atoms with van der Waals surface area (Å²) in [6.07, 6.45) is -9.99. The predicted molar refractivity (Wildman–Crippen MR) is 109 cm³/mol. The van der Waals surface area contributed by atoms with E-state index in [0.717, 1.165) is 5.69 Å². The normalized spacial score (nSPS) is 14.8. The lowest BCUT2D eigenvalue weighted by Gasteiger charge is -2.36. The van der Waals surface area contributed by atoms with Crippen LogP contribution < -0.4 is 19.7 Å².